The molecule has 0 aliphatic carbocycles. The maximum Gasteiger partial charge on any atom is 0.164 e. The summed E-state index contributed by atoms with van der Waals surface area (Å²) in [6.07, 6.45) is 3.83. The Bertz CT molecular complexity index is 4760. The Balaban J connectivity index is 0.918. The van der Waals surface area contributed by atoms with Crippen molar-refractivity contribution in [2.45, 2.75) is 0 Å². The molecular formula is C73H45N5. The zero-order chi connectivity index (χ0) is 51.5. The van der Waals surface area contributed by atoms with Crippen LogP contribution in [0.1, 0.15) is 0 Å². The minimum atomic E-state index is 0.618. The molecule has 3 heterocycles. The van der Waals surface area contributed by atoms with Gasteiger partial charge >= 0.3 is 0 Å². The van der Waals surface area contributed by atoms with Crippen LogP contribution in [0.15, 0.2) is 273 Å². The minimum Gasteiger partial charge on any atom is -0.264 e. The predicted molar refractivity (Wildman–Crippen MR) is 324 cm³/mol. The first-order valence-electron chi connectivity index (χ1n) is 26.4. The van der Waals surface area contributed by atoms with Crippen LogP contribution in [0, 0.1) is 0 Å². The van der Waals surface area contributed by atoms with Crippen LogP contribution in [0.2, 0.25) is 0 Å². The van der Waals surface area contributed by atoms with Crippen LogP contribution in [-0.2, 0) is 0 Å². The largest absolute Gasteiger partial charge is 0.264 e. The molecule has 0 N–H and O–H groups in total. The topological polar surface area (TPSA) is 64.5 Å². The molecule has 78 heavy (non-hydrogen) atoms. The maximum absolute atomic E-state index is 5.35. The molecule has 0 aliphatic heterocycles. The van der Waals surface area contributed by atoms with E-state index in [2.05, 4.69) is 205 Å². The molecule has 0 saturated carbocycles. The lowest BCUT2D eigenvalue weighted by Gasteiger charge is -2.18. The van der Waals surface area contributed by atoms with Crippen molar-refractivity contribution in [3.8, 4) is 89.9 Å². The molecule has 12 aromatic carbocycles. The summed E-state index contributed by atoms with van der Waals surface area (Å²) < 4.78 is 0. The smallest absolute Gasteiger partial charge is 0.164 e. The Morgan fingerprint density at radius 1 is 0.218 bits per heavy atom. The fourth-order valence-corrected chi connectivity index (χ4v) is 11.7. The van der Waals surface area contributed by atoms with Crippen molar-refractivity contribution in [1.29, 1.82) is 0 Å². The van der Waals surface area contributed by atoms with E-state index in [1.54, 1.807) is 0 Å². The standard InChI is InChI=1S/C73H45N5/c1-3-18-46(19-4-1)71-76-72(47-20-5-2-6-21-47)78-73(77-71)51-25-14-23-49(41-51)48-22-13-24-50(40-48)52-42-53(44-54(43-52)56-32-16-35-65-60-27-8-7-26-58(60)59-28-9-10-30-64(59)69(56)65)55-31-15-34-61-57(55)33-17-36-66(61)70-67-45-74-39-38-62(67)63-29-11-12-37-68(63)75-70/h1-45H. The summed E-state index contributed by atoms with van der Waals surface area (Å²) >= 11 is 0. The molecule has 5 heteroatoms. The molecule has 0 bridgehead atoms. The molecule has 0 amide bonds. The third-order valence-electron chi connectivity index (χ3n) is 15.4. The number of pyridine rings is 2. The second kappa shape index (κ2) is 18.7. The summed E-state index contributed by atoms with van der Waals surface area (Å²) in [5, 5.41) is 13.0. The number of hydrogen-bond donors (Lipinski definition) is 0. The fraction of sp³-hybridized carbons (Fsp3) is 0. The van der Waals surface area contributed by atoms with Crippen molar-refractivity contribution >= 4 is 64.8 Å². The lowest BCUT2D eigenvalue weighted by molar-refractivity contribution is 1.07. The molecule has 0 radical (unpaired) electrons. The molecule has 0 aliphatic rings. The van der Waals surface area contributed by atoms with Crippen LogP contribution >= 0.6 is 0 Å². The van der Waals surface area contributed by atoms with E-state index in [4.69, 9.17) is 19.9 Å². The summed E-state index contributed by atoms with van der Waals surface area (Å²) in [5.41, 5.74) is 14.7. The van der Waals surface area contributed by atoms with E-state index in [0.29, 0.717) is 17.5 Å². The zero-order valence-electron chi connectivity index (χ0n) is 42.2. The third kappa shape index (κ3) is 7.75. The quantitative estimate of drug-likeness (QED) is 0.142. The number of fused-ring (bicyclic) bond motifs is 10. The highest BCUT2D eigenvalue weighted by Crippen LogP contribution is 2.45. The van der Waals surface area contributed by atoms with E-state index in [1.807, 2.05) is 73.1 Å². The molecular weight excluding hydrogens is 947 g/mol. The SMILES string of the molecule is c1ccc(-c2nc(-c3ccccc3)nc(-c3cccc(-c4cccc(-c5cc(-c6cccc7c(-c8nc9ccccc9c9ccncc89)cccc67)cc(-c6cccc7c8ccccc8c8ccccc8c67)c5)c4)c3)n2)cc1. The Hall–Kier alpha value is -10.5. The van der Waals surface area contributed by atoms with Crippen molar-refractivity contribution in [1.82, 2.24) is 24.9 Å². The normalized spacial score (nSPS) is 11.6. The van der Waals surface area contributed by atoms with Gasteiger partial charge in [-0.25, -0.2) is 19.9 Å². The average Bonchev–Trinajstić information content (AvgIpc) is 3.67. The van der Waals surface area contributed by atoms with E-state index in [-0.39, 0.29) is 0 Å². The number of rotatable bonds is 8. The first kappa shape index (κ1) is 44.9. The van der Waals surface area contributed by atoms with Gasteiger partial charge in [0.2, 0.25) is 0 Å². The van der Waals surface area contributed by atoms with Gasteiger partial charge in [0.05, 0.1) is 11.2 Å². The van der Waals surface area contributed by atoms with Crippen molar-refractivity contribution in [2.24, 2.45) is 0 Å². The maximum atomic E-state index is 5.35. The van der Waals surface area contributed by atoms with E-state index >= 15 is 0 Å². The van der Waals surface area contributed by atoms with E-state index in [1.165, 1.54) is 37.9 Å². The van der Waals surface area contributed by atoms with E-state index in [0.717, 1.165) is 99.3 Å². The van der Waals surface area contributed by atoms with E-state index in [9.17, 15) is 0 Å². The van der Waals surface area contributed by atoms with Crippen LogP contribution in [0.3, 0.4) is 0 Å². The highest BCUT2D eigenvalue weighted by atomic mass is 15.0. The van der Waals surface area contributed by atoms with Crippen LogP contribution in [0.4, 0.5) is 0 Å². The van der Waals surface area contributed by atoms with Gasteiger partial charge in [0.1, 0.15) is 0 Å². The molecule has 5 nitrogen and oxygen atoms in total. The molecule has 0 spiro atoms. The highest BCUT2D eigenvalue weighted by Gasteiger charge is 2.19. The van der Waals surface area contributed by atoms with Gasteiger partial charge in [-0.3, -0.25) is 4.98 Å². The number of nitrogens with zero attached hydrogens (tertiary/aromatic N) is 5. The molecule has 15 rings (SSSR count). The van der Waals surface area contributed by atoms with E-state index < -0.39 is 0 Å². The Morgan fingerprint density at radius 2 is 0.615 bits per heavy atom. The lowest BCUT2D eigenvalue weighted by atomic mass is 9.86. The van der Waals surface area contributed by atoms with Crippen LogP contribution in [-0.4, -0.2) is 24.9 Å². The van der Waals surface area contributed by atoms with Gasteiger partial charge in [0, 0.05) is 45.4 Å². The summed E-state index contributed by atoms with van der Waals surface area (Å²) in [4.78, 5) is 25.1. The molecule has 0 unspecified atom stereocenters. The predicted octanol–water partition coefficient (Wildman–Crippen LogP) is 18.9. The molecule has 15 aromatic rings. The van der Waals surface area contributed by atoms with Gasteiger partial charge in [0.25, 0.3) is 0 Å². The molecule has 0 atom stereocenters. The van der Waals surface area contributed by atoms with Gasteiger partial charge in [-0.15, -0.1) is 0 Å². The second-order valence-corrected chi connectivity index (χ2v) is 19.9. The summed E-state index contributed by atoms with van der Waals surface area (Å²) in [6, 6.07) is 93.2. The van der Waals surface area contributed by atoms with Gasteiger partial charge in [-0.05, 0) is 135 Å². The van der Waals surface area contributed by atoms with Crippen molar-refractivity contribution < 1.29 is 0 Å². The average molecular weight is 992 g/mol. The molecule has 3 aromatic heterocycles. The number of para-hydroxylation sites is 1. The Labute approximate surface area is 450 Å². The summed E-state index contributed by atoms with van der Waals surface area (Å²) in [7, 11) is 0. The van der Waals surface area contributed by atoms with Crippen molar-refractivity contribution in [3.05, 3.63) is 273 Å². The zero-order valence-corrected chi connectivity index (χ0v) is 42.2. The number of aromatic nitrogens is 5. The Morgan fingerprint density at radius 3 is 1.27 bits per heavy atom. The lowest BCUT2D eigenvalue weighted by Crippen LogP contribution is -2.00. The Kier molecular flexibility index (Phi) is 10.8. The highest BCUT2D eigenvalue weighted by molar-refractivity contribution is 6.28. The van der Waals surface area contributed by atoms with Crippen molar-refractivity contribution in [2.75, 3.05) is 0 Å². The van der Waals surface area contributed by atoms with Crippen LogP contribution < -0.4 is 0 Å². The molecule has 362 valence electrons. The van der Waals surface area contributed by atoms with Crippen molar-refractivity contribution in [3.63, 3.8) is 0 Å². The van der Waals surface area contributed by atoms with Gasteiger partial charge in [0.15, 0.2) is 17.5 Å². The minimum absolute atomic E-state index is 0.618. The van der Waals surface area contributed by atoms with Gasteiger partial charge in [-0.2, -0.15) is 0 Å². The fourth-order valence-electron chi connectivity index (χ4n) is 11.7. The monoisotopic (exact) mass is 991 g/mol. The van der Waals surface area contributed by atoms with Gasteiger partial charge < -0.3 is 0 Å². The third-order valence-corrected chi connectivity index (χ3v) is 15.4. The first-order chi connectivity index (χ1) is 38.7. The number of hydrogen-bond acceptors (Lipinski definition) is 5. The van der Waals surface area contributed by atoms with Gasteiger partial charge in [-0.1, -0.05) is 218 Å². The first-order valence-corrected chi connectivity index (χ1v) is 26.4. The van der Waals surface area contributed by atoms with Crippen LogP contribution in [0.25, 0.3) is 155 Å². The summed E-state index contributed by atoms with van der Waals surface area (Å²) in [6.45, 7) is 0. The molecule has 0 fully saturated rings. The second-order valence-electron chi connectivity index (χ2n) is 19.9. The molecule has 0 saturated heterocycles. The summed E-state index contributed by atoms with van der Waals surface area (Å²) in [5.74, 6) is 1.88. The van der Waals surface area contributed by atoms with Crippen LogP contribution in [0.5, 0.6) is 0 Å². The number of benzene rings is 12.